The van der Waals surface area contributed by atoms with Gasteiger partial charge in [0.25, 0.3) is 11.8 Å². The van der Waals surface area contributed by atoms with Crippen molar-refractivity contribution in [2.75, 3.05) is 6.79 Å². The molecule has 0 fully saturated rings. The Labute approximate surface area is 182 Å². The Balaban J connectivity index is 1.38. The van der Waals surface area contributed by atoms with Crippen molar-refractivity contribution in [2.45, 2.75) is 6.54 Å². The van der Waals surface area contributed by atoms with E-state index in [9.17, 15) is 14.0 Å². The average Bonchev–Trinajstić information content (AvgIpc) is 3.43. The maximum atomic E-state index is 14.3. The molecule has 0 aliphatic carbocycles. The summed E-state index contributed by atoms with van der Waals surface area (Å²) < 4.78 is 26.5. The number of benzene rings is 3. The lowest BCUT2D eigenvalue weighted by Crippen LogP contribution is -2.42. The van der Waals surface area contributed by atoms with Crippen molar-refractivity contribution >= 4 is 22.7 Å². The number of hydrogen-bond acceptors (Lipinski definition) is 4. The second kappa shape index (κ2) is 8.07. The van der Waals surface area contributed by atoms with E-state index < -0.39 is 11.8 Å². The van der Waals surface area contributed by atoms with Gasteiger partial charge < -0.3 is 14.0 Å². The molecule has 2 heterocycles. The zero-order valence-electron chi connectivity index (χ0n) is 16.8. The van der Waals surface area contributed by atoms with Crippen LogP contribution < -0.4 is 20.3 Å². The number of nitrogens with one attached hydrogen (secondary N) is 2. The first-order valence-corrected chi connectivity index (χ1v) is 9.92. The van der Waals surface area contributed by atoms with Crippen molar-refractivity contribution in [1.29, 1.82) is 0 Å². The topological polar surface area (TPSA) is 81.6 Å². The molecule has 1 aliphatic heterocycles. The highest BCUT2D eigenvalue weighted by molar-refractivity contribution is 6.01. The van der Waals surface area contributed by atoms with Gasteiger partial charge in [-0.2, -0.15) is 0 Å². The van der Waals surface area contributed by atoms with Gasteiger partial charge in [0.1, 0.15) is 11.5 Å². The second-order valence-corrected chi connectivity index (χ2v) is 7.24. The number of hydrogen-bond donors (Lipinski definition) is 2. The summed E-state index contributed by atoms with van der Waals surface area (Å²) in [5, 5.41) is 0.830. The normalized spacial score (nSPS) is 12.0. The van der Waals surface area contributed by atoms with E-state index in [1.165, 1.54) is 6.07 Å². The molecule has 0 saturated heterocycles. The van der Waals surface area contributed by atoms with Crippen LogP contribution in [0.1, 0.15) is 26.4 Å². The Morgan fingerprint density at radius 2 is 1.62 bits per heavy atom. The van der Waals surface area contributed by atoms with Gasteiger partial charge in [0, 0.05) is 22.0 Å². The van der Waals surface area contributed by atoms with Gasteiger partial charge in [0.2, 0.25) is 6.79 Å². The molecule has 2 amide bonds. The highest BCUT2D eigenvalue weighted by Crippen LogP contribution is 2.32. The number of aromatic nitrogens is 1. The summed E-state index contributed by atoms with van der Waals surface area (Å²) in [6, 6.07) is 20.3. The quantitative estimate of drug-likeness (QED) is 0.484. The van der Waals surface area contributed by atoms with Gasteiger partial charge in [0.05, 0.1) is 6.54 Å². The van der Waals surface area contributed by atoms with E-state index in [0.717, 1.165) is 10.9 Å². The zero-order valence-corrected chi connectivity index (χ0v) is 16.8. The van der Waals surface area contributed by atoms with Gasteiger partial charge in [-0.25, -0.2) is 4.39 Å². The molecule has 4 aromatic rings. The molecule has 0 spiro atoms. The van der Waals surface area contributed by atoms with Gasteiger partial charge in [-0.1, -0.05) is 36.4 Å². The highest BCUT2D eigenvalue weighted by Gasteiger charge is 2.19. The molecule has 8 heteroatoms. The van der Waals surface area contributed by atoms with Gasteiger partial charge in [-0.05, 0) is 36.4 Å². The molecule has 3 aromatic carbocycles. The number of ether oxygens (including phenoxy) is 2. The van der Waals surface area contributed by atoms with E-state index >= 15 is 0 Å². The van der Waals surface area contributed by atoms with E-state index in [2.05, 4.69) is 10.9 Å². The number of hydrazine groups is 1. The molecule has 7 nitrogen and oxygen atoms in total. The third kappa shape index (κ3) is 3.62. The summed E-state index contributed by atoms with van der Waals surface area (Å²) in [5.41, 5.74) is 6.69. The van der Waals surface area contributed by atoms with Crippen molar-refractivity contribution in [2.24, 2.45) is 0 Å². The first kappa shape index (κ1) is 19.6. The maximum Gasteiger partial charge on any atom is 0.286 e. The standard InChI is InChI=1S/C24H18FN3O4/c25-18-7-3-1-6-17(18)13-28-19-8-4-2-5-15(19)11-20(28)24(30)27-26-23(29)16-9-10-21-22(12-16)32-14-31-21/h1-12H,13-14H2,(H,26,29)(H,27,30). The fourth-order valence-corrected chi connectivity index (χ4v) is 3.65. The van der Waals surface area contributed by atoms with Crippen molar-refractivity contribution in [3.63, 3.8) is 0 Å². The third-order valence-electron chi connectivity index (χ3n) is 5.25. The first-order valence-electron chi connectivity index (χ1n) is 9.92. The van der Waals surface area contributed by atoms with Crippen LogP contribution in [0.2, 0.25) is 0 Å². The predicted molar refractivity (Wildman–Crippen MR) is 115 cm³/mol. The van der Waals surface area contributed by atoms with Crippen LogP contribution in [0.3, 0.4) is 0 Å². The highest BCUT2D eigenvalue weighted by atomic mass is 19.1. The molecule has 1 aliphatic rings. The van der Waals surface area contributed by atoms with Crippen LogP contribution in [0, 0.1) is 5.82 Å². The summed E-state index contributed by atoms with van der Waals surface area (Å²) in [5.74, 6) is -0.356. The molecule has 32 heavy (non-hydrogen) atoms. The lowest BCUT2D eigenvalue weighted by atomic mass is 10.2. The van der Waals surface area contributed by atoms with Crippen LogP contribution in [0.15, 0.2) is 72.8 Å². The lowest BCUT2D eigenvalue weighted by molar-refractivity contribution is 0.0842. The summed E-state index contributed by atoms with van der Waals surface area (Å²) >= 11 is 0. The summed E-state index contributed by atoms with van der Waals surface area (Å²) in [6.45, 7) is 0.267. The Morgan fingerprint density at radius 3 is 2.50 bits per heavy atom. The molecular formula is C24H18FN3O4. The molecule has 0 saturated carbocycles. The summed E-state index contributed by atoms with van der Waals surface area (Å²) in [4.78, 5) is 25.4. The van der Waals surface area contributed by atoms with Crippen LogP contribution in [0.4, 0.5) is 4.39 Å². The predicted octanol–water partition coefficient (Wildman–Crippen LogP) is 3.63. The number of fused-ring (bicyclic) bond motifs is 2. The number of para-hydroxylation sites is 1. The van der Waals surface area contributed by atoms with E-state index in [1.54, 1.807) is 47.0 Å². The first-order chi connectivity index (χ1) is 15.6. The van der Waals surface area contributed by atoms with Crippen molar-refractivity contribution in [3.05, 3.63) is 95.4 Å². The van der Waals surface area contributed by atoms with Gasteiger partial charge >= 0.3 is 0 Å². The van der Waals surface area contributed by atoms with Crippen molar-refractivity contribution < 1.29 is 23.5 Å². The lowest BCUT2D eigenvalue weighted by Gasteiger charge is -2.12. The average molecular weight is 431 g/mol. The van der Waals surface area contributed by atoms with Gasteiger partial charge in [0.15, 0.2) is 11.5 Å². The van der Waals surface area contributed by atoms with E-state index in [4.69, 9.17) is 9.47 Å². The number of halogens is 1. The number of amides is 2. The molecule has 0 unspecified atom stereocenters. The van der Waals surface area contributed by atoms with Crippen LogP contribution >= 0.6 is 0 Å². The van der Waals surface area contributed by atoms with Crippen molar-refractivity contribution in [3.8, 4) is 11.5 Å². The minimum Gasteiger partial charge on any atom is -0.454 e. The fourth-order valence-electron chi connectivity index (χ4n) is 3.65. The van der Waals surface area contributed by atoms with Crippen LogP contribution in [0.5, 0.6) is 11.5 Å². The molecule has 5 rings (SSSR count). The summed E-state index contributed by atoms with van der Waals surface area (Å²) in [6.07, 6.45) is 0. The van der Waals surface area contributed by atoms with Gasteiger partial charge in [-0.15, -0.1) is 0 Å². The monoisotopic (exact) mass is 431 g/mol. The molecular weight excluding hydrogens is 413 g/mol. The minimum atomic E-state index is -0.522. The smallest absolute Gasteiger partial charge is 0.286 e. The van der Waals surface area contributed by atoms with E-state index in [1.807, 2.05) is 24.3 Å². The number of carbonyl (C=O) groups is 2. The van der Waals surface area contributed by atoms with E-state index in [0.29, 0.717) is 28.3 Å². The SMILES string of the molecule is O=C(NNC(=O)c1cc2ccccc2n1Cc1ccccc1F)c1ccc2c(c1)OCO2. The maximum absolute atomic E-state index is 14.3. The molecule has 160 valence electrons. The largest absolute Gasteiger partial charge is 0.454 e. The Morgan fingerprint density at radius 1 is 0.875 bits per heavy atom. The molecule has 1 aromatic heterocycles. The molecule has 0 atom stereocenters. The third-order valence-corrected chi connectivity index (χ3v) is 5.25. The summed E-state index contributed by atoms with van der Waals surface area (Å²) in [7, 11) is 0. The Kier molecular flexibility index (Phi) is 4.95. The molecule has 2 N–H and O–H groups in total. The Bertz CT molecular complexity index is 1350. The van der Waals surface area contributed by atoms with Crippen molar-refractivity contribution in [1.82, 2.24) is 15.4 Å². The minimum absolute atomic E-state index is 0.101. The molecule has 0 bridgehead atoms. The van der Waals surface area contributed by atoms with E-state index in [-0.39, 0.29) is 19.2 Å². The van der Waals surface area contributed by atoms with Crippen LogP contribution in [-0.2, 0) is 6.54 Å². The zero-order chi connectivity index (χ0) is 22.1. The van der Waals surface area contributed by atoms with Crippen LogP contribution in [-0.4, -0.2) is 23.2 Å². The number of nitrogens with zero attached hydrogens (tertiary/aromatic N) is 1. The Hall–Kier alpha value is -4.33. The second-order valence-electron chi connectivity index (χ2n) is 7.24. The fraction of sp³-hybridized carbons (Fsp3) is 0.0833. The number of rotatable bonds is 4. The molecule has 0 radical (unpaired) electrons. The number of carbonyl (C=O) groups excluding carboxylic acids is 2. The van der Waals surface area contributed by atoms with Crippen LogP contribution in [0.25, 0.3) is 10.9 Å². The van der Waals surface area contributed by atoms with Gasteiger partial charge in [-0.3, -0.25) is 20.4 Å².